The van der Waals surface area contributed by atoms with Crippen LogP contribution in [0.25, 0.3) is 0 Å². The Hall–Kier alpha value is -0.0200. The maximum absolute atomic E-state index is 5.96. The first-order chi connectivity index (χ1) is 6.63. The third kappa shape index (κ3) is 1.98. The molecular weight excluding hydrogens is 308 g/mol. The lowest BCUT2D eigenvalue weighted by Crippen LogP contribution is -2.37. The molecule has 0 aliphatic carbocycles. The van der Waals surface area contributed by atoms with Gasteiger partial charge in [0.05, 0.1) is 0 Å². The van der Waals surface area contributed by atoms with Crippen LogP contribution in [0.1, 0.15) is 18.9 Å². The van der Waals surface area contributed by atoms with Crippen molar-refractivity contribution in [2.45, 2.75) is 25.4 Å². The fraction of sp³-hybridized carbons (Fsp3) is 0.455. The minimum absolute atomic E-state index is 0.0408. The lowest BCUT2D eigenvalue weighted by molar-refractivity contribution is 0.0908. The molecule has 2 rings (SSSR count). The molecular formula is C11H12Br2O. The number of ether oxygens (including phenoxy) is 1. The first kappa shape index (κ1) is 10.5. The molecule has 0 fully saturated rings. The van der Waals surface area contributed by atoms with E-state index in [0.717, 1.165) is 28.4 Å². The van der Waals surface area contributed by atoms with Crippen LogP contribution in [0, 0.1) is 0 Å². The molecule has 1 unspecified atom stereocenters. The number of benzene rings is 1. The molecule has 1 nitrogen and oxygen atoms in total. The van der Waals surface area contributed by atoms with Gasteiger partial charge in [0.15, 0.2) is 0 Å². The fourth-order valence-corrected chi connectivity index (χ4v) is 2.46. The molecule has 3 heteroatoms. The van der Waals surface area contributed by atoms with Crippen molar-refractivity contribution >= 4 is 31.9 Å². The molecule has 0 radical (unpaired) electrons. The van der Waals surface area contributed by atoms with Crippen LogP contribution in [0.4, 0.5) is 0 Å². The van der Waals surface area contributed by atoms with Crippen LogP contribution in [0.2, 0.25) is 0 Å². The molecule has 1 aliphatic heterocycles. The Morgan fingerprint density at radius 1 is 1.50 bits per heavy atom. The van der Waals surface area contributed by atoms with E-state index in [0.29, 0.717) is 0 Å². The highest BCUT2D eigenvalue weighted by molar-refractivity contribution is 9.10. The van der Waals surface area contributed by atoms with Crippen LogP contribution >= 0.6 is 31.9 Å². The summed E-state index contributed by atoms with van der Waals surface area (Å²) in [5, 5.41) is 0.884. The summed E-state index contributed by atoms with van der Waals surface area (Å²) in [6.45, 7) is 2.15. The van der Waals surface area contributed by atoms with Gasteiger partial charge < -0.3 is 4.74 Å². The zero-order chi connectivity index (χ0) is 10.2. The van der Waals surface area contributed by atoms with E-state index in [2.05, 4.69) is 44.8 Å². The van der Waals surface area contributed by atoms with Gasteiger partial charge in [0.2, 0.25) is 0 Å². The number of rotatable bonds is 1. The van der Waals surface area contributed by atoms with Crippen molar-refractivity contribution in [3.8, 4) is 5.75 Å². The summed E-state index contributed by atoms with van der Waals surface area (Å²) in [5.74, 6) is 1.03. The highest BCUT2D eigenvalue weighted by atomic mass is 79.9. The molecule has 1 heterocycles. The van der Waals surface area contributed by atoms with Gasteiger partial charge in [-0.15, -0.1) is 0 Å². The Morgan fingerprint density at radius 2 is 2.29 bits per heavy atom. The second kappa shape index (κ2) is 3.86. The van der Waals surface area contributed by atoms with Crippen molar-refractivity contribution in [1.82, 2.24) is 0 Å². The van der Waals surface area contributed by atoms with Gasteiger partial charge in [-0.1, -0.05) is 31.9 Å². The van der Waals surface area contributed by atoms with Gasteiger partial charge in [0.1, 0.15) is 11.4 Å². The number of aryl methyl sites for hydroxylation is 1. The molecule has 14 heavy (non-hydrogen) atoms. The smallest absolute Gasteiger partial charge is 0.123 e. The topological polar surface area (TPSA) is 9.23 Å². The molecule has 76 valence electrons. The summed E-state index contributed by atoms with van der Waals surface area (Å²) >= 11 is 6.97. The third-order valence-corrected chi connectivity index (χ3v) is 4.26. The van der Waals surface area contributed by atoms with Gasteiger partial charge in [-0.05, 0) is 43.5 Å². The minimum atomic E-state index is -0.0408. The largest absolute Gasteiger partial charge is 0.486 e. The molecule has 1 aromatic rings. The van der Waals surface area contributed by atoms with Crippen LogP contribution in [0.3, 0.4) is 0 Å². The standard InChI is InChI=1S/C11H12Br2O/c1-11(7-12)5-4-8-6-9(13)2-3-10(8)14-11/h2-3,6H,4-5,7H2,1H3. The first-order valence-electron chi connectivity index (χ1n) is 4.66. The van der Waals surface area contributed by atoms with Crippen molar-refractivity contribution in [3.63, 3.8) is 0 Å². The normalized spacial score (nSPS) is 25.4. The average molecular weight is 320 g/mol. The number of fused-ring (bicyclic) bond motifs is 1. The Morgan fingerprint density at radius 3 is 3.00 bits per heavy atom. The van der Waals surface area contributed by atoms with E-state index >= 15 is 0 Å². The number of hydrogen-bond acceptors (Lipinski definition) is 1. The zero-order valence-corrected chi connectivity index (χ0v) is 11.2. The summed E-state index contributed by atoms with van der Waals surface area (Å²) in [5.41, 5.74) is 1.26. The van der Waals surface area contributed by atoms with Crippen LogP contribution < -0.4 is 4.74 Å². The quantitative estimate of drug-likeness (QED) is 0.713. The Balaban J connectivity index is 2.31. The maximum Gasteiger partial charge on any atom is 0.123 e. The summed E-state index contributed by atoms with van der Waals surface area (Å²) in [6.07, 6.45) is 2.17. The monoisotopic (exact) mass is 318 g/mol. The second-order valence-electron chi connectivity index (χ2n) is 3.94. The van der Waals surface area contributed by atoms with E-state index in [1.54, 1.807) is 0 Å². The summed E-state index contributed by atoms with van der Waals surface area (Å²) in [4.78, 5) is 0. The minimum Gasteiger partial charge on any atom is -0.486 e. The van der Waals surface area contributed by atoms with E-state index in [9.17, 15) is 0 Å². The van der Waals surface area contributed by atoms with Gasteiger partial charge in [-0.25, -0.2) is 0 Å². The van der Waals surface area contributed by atoms with E-state index in [1.165, 1.54) is 5.56 Å². The molecule has 1 atom stereocenters. The zero-order valence-electron chi connectivity index (χ0n) is 8.02. The molecule has 0 saturated carbocycles. The van der Waals surface area contributed by atoms with Crippen molar-refractivity contribution in [3.05, 3.63) is 28.2 Å². The molecule has 0 spiro atoms. The SMILES string of the molecule is CC1(CBr)CCc2cc(Br)ccc2O1. The Kier molecular flexibility index (Phi) is 2.89. The van der Waals surface area contributed by atoms with Crippen LogP contribution in [0.15, 0.2) is 22.7 Å². The molecule has 0 saturated heterocycles. The lowest BCUT2D eigenvalue weighted by atomic mass is 9.94. The summed E-state index contributed by atoms with van der Waals surface area (Å²) in [6, 6.07) is 6.21. The van der Waals surface area contributed by atoms with Crippen LogP contribution in [-0.4, -0.2) is 10.9 Å². The Bertz CT molecular complexity index is 351. The maximum atomic E-state index is 5.96. The van der Waals surface area contributed by atoms with Gasteiger partial charge >= 0.3 is 0 Å². The predicted molar refractivity (Wildman–Crippen MR) is 65.3 cm³/mol. The number of alkyl halides is 1. The number of hydrogen-bond donors (Lipinski definition) is 0. The number of halogens is 2. The van der Waals surface area contributed by atoms with E-state index < -0.39 is 0 Å². The van der Waals surface area contributed by atoms with Gasteiger partial charge in [0.25, 0.3) is 0 Å². The fourth-order valence-electron chi connectivity index (χ4n) is 1.65. The van der Waals surface area contributed by atoms with Crippen molar-refractivity contribution in [2.24, 2.45) is 0 Å². The highest BCUT2D eigenvalue weighted by Gasteiger charge is 2.30. The average Bonchev–Trinajstić information content (AvgIpc) is 2.19. The van der Waals surface area contributed by atoms with Gasteiger partial charge in [0, 0.05) is 9.80 Å². The molecule has 0 N–H and O–H groups in total. The highest BCUT2D eigenvalue weighted by Crippen LogP contribution is 2.35. The third-order valence-electron chi connectivity index (χ3n) is 2.58. The lowest BCUT2D eigenvalue weighted by Gasteiger charge is -2.34. The molecule has 0 aromatic heterocycles. The van der Waals surface area contributed by atoms with Crippen molar-refractivity contribution in [1.29, 1.82) is 0 Å². The molecule has 1 aliphatic rings. The molecule has 1 aromatic carbocycles. The van der Waals surface area contributed by atoms with Crippen LogP contribution in [-0.2, 0) is 6.42 Å². The molecule has 0 amide bonds. The second-order valence-corrected chi connectivity index (χ2v) is 5.41. The first-order valence-corrected chi connectivity index (χ1v) is 6.58. The van der Waals surface area contributed by atoms with Gasteiger partial charge in [-0.3, -0.25) is 0 Å². The van der Waals surface area contributed by atoms with Crippen LogP contribution in [0.5, 0.6) is 5.75 Å². The van der Waals surface area contributed by atoms with E-state index in [4.69, 9.17) is 4.74 Å². The van der Waals surface area contributed by atoms with Crippen molar-refractivity contribution in [2.75, 3.05) is 5.33 Å². The summed E-state index contributed by atoms with van der Waals surface area (Å²) < 4.78 is 7.08. The van der Waals surface area contributed by atoms with Gasteiger partial charge in [-0.2, -0.15) is 0 Å². The Labute approximate surface area is 101 Å². The predicted octanol–water partition coefficient (Wildman–Crippen LogP) is 3.93. The molecule has 0 bridgehead atoms. The van der Waals surface area contributed by atoms with E-state index in [1.807, 2.05) is 12.1 Å². The van der Waals surface area contributed by atoms with E-state index in [-0.39, 0.29) is 5.60 Å². The van der Waals surface area contributed by atoms with Crippen molar-refractivity contribution < 1.29 is 4.74 Å². The summed E-state index contributed by atoms with van der Waals surface area (Å²) in [7, 11) is 0.